The second kappa shape index (κ2) is 14.9. The van der Waals surface area contributed by atoms with E-state index in [-0.39, 0.29) is 16.9 Å². The smallest absolute Gasteiger partial charge is 0.172 e. The highest BCUT2D eigenvalue weighted by atomic mass is 16.5. The maximum absolute atomic E-state index is 9.82. The van der Waals surface area contributed by atoms with E-state index in [9.17, 15) is 15.8 Å². The van der Waals surface area contributed by atoms with E-state index >= 15 is 0 Å². The molecule has 1 aliphatic rings. The van der Waals surface area contributed by atoms with Gasteiger partial charge in [-0.15, -0.1) is 0 Å². The number of aryl methyl sites for hydroxylation is 2. The molecule has 43 heavy (non-hydrogen) atoms. The molecule has 0 saturated heterocycles. The van der Waals surface area contributed by atoms with E-state index in [1.807, 2.05) is 38.1 Å². The van der Waals surface area contributed by atoms with Crippen molar-refractivity contribution in [3.8, 4) is 24.0 Å². The Morgan fingerprint density at radius 3 is 1.93 bits per heavy atom. The van der Waals surface area contributed by atoms with Crippen molar-refractivity contribution in [1.29, 1.82) is 15.8 Å². The van der Waals surface area contributed by atoms with Gasteiger partial charge in [0, 0.05) is 36.0 Å². The molecule has 0 aliphatic carbocycles. The summed E-state index contributed by atoms with van der Waals surface area (Å²) in [5.41, 5.74) is 6.32. The number of anilines is 1. The monoisotopic (exact) mass is 574 g/mol. The van der Waals surface area contributed by atoms with Gasteiger partial charge in [-0.05, 0) is 74.9 Å². The molecule has 1 heterocycles. The molecule has 0 bridgehead atoms. The molecule has 6 nitrogen and oxygen atoms in total. The average molecular weight is 575 g/mol. The maximum atomic E-state index is 9.82. The summed E-state index contributed by atoms with van der Waals surface area (Å²) in [4.78, 5) is 2.46. The van der Waals surface area contributed by atoms with Crippen LogP contribution in [0.15, 0.2) is 58.9 Å². The van der Waals surface area contributed by atoms with Crippen LogP contribution in [0.3, 0.4) is 0 Å². The van der Waals surface area contributed by atoms with Gasteiger partial charge in [-0.3, -0.25) is 0 Å². The van der Waals surface area contributed by atoms with Crippen LogP contribution in [-0.2, 0) is 4.74 Å². The molecular weight excluding hydrogens is 532 g/mol. The quantitative estimate of drug-likeness (QED) is 0.186. The van der Waals surface area contributed by atoms with Crippen molar-refractivity contribution in [2.45, 2.75) is 72.8 Å². The first-order valence-electron chi connectivity index (χ1n) is 14.9. The van der Waals surface area contributed by atoms with Crippen LogP contribution in [0.1, 0.15) is 81.2 Å². The Bertz CT molecular complexity index is 1560. The summed E-state index contributed by atoms with van der Waals surface area (Å²) in [7, 11) is 1.72. The molecule has 222 valence electrons. The molecule has 6 heteroatoms. The lowest BCUT2D eigenvalue weighted by molar-refractivity contribution is 0.0954. The lowest BCUT2D eigenvalue weighted by Gasteiger charge is -2.25. The van der Waals surface area contributed by atoms with Crippen LogP contribution in [0.2, 0.25) is 0 Å². The fourth-order valence-electron chi connectivity index (χ4n) is 5.16. The van der Waals surface area contributed by atoms with Gasteiger partial charge in [-0.25, -0.2) is 0 Å². The van der Waals surface area contributed by atoms with Crippen molar-refractivity contribution in [3.63, 3.8) is 0 Å². The summed E-state index contributed by atoms with van der Waals surface area (Å²) in [5, 5.41) is 28.5. The Morgan fingerprint density at radius 1 is 0.860 bits per heavy atom. The zero-order valence-corrected chi connectivity index (χ0v) is 26.5. The molecule has 0 aromatic heterocycles. The fraction of sp³-hybridized carbons (Fsp3) is 0.378. The number of hydrogen-bond donors (Lipinski definition) is 0. The van der Waals surface area contributed by atoms with Gasteiger partial charge in [-0.2, -0.15) is 15.8 Å². The van der Waals surface area contributed by atoms with Crippen molar-refractivity contribution in [1.82, 2.24) is 0 Å². The van der Waals surface area contributed by atoms with E-state index in [4.69, 9.17) is 9.47 Å². The number of hydrogen-bond acceptors (Lipinski definition) is 6. The molecule has 0 unspecified atom stereocenters. The van der Waals surface area contributed by atoms with Crippen molar-refractivity contribution in [2.24, 2.45) is 0 Å². The molecule has 2 aromatic rings. The van der Waals surface area contributed by atoms with Gasteiger partial charge in [0.25, 0.3) is 0 Å². The number of nitriles is 3. The standard InChI is InChI=1S/C37H42N4O2/c1-8-10-18-41(19-11-9-2)32-16-14-28(35(22-32)42-7)12-13-29-20-27(4)30(21-26(29)3)15-17-34-33(25-40)36(31(23-38)24-39)43-37(34,5)6/h12-17,20-22H,8-11,18-19H2,1-7H3/b13-12?,17-15+. The van der Waals surface area contributed by atoms with E-state index in [0.717, 1.165) is 46.7 Å². The molecule has 1 aliphatic heterocycles. The minimum Gasteiger partial charge on any atom is -0.496 e. The van der Waals surface area contributed by atoms with Gasteiger partial charge >= 0.3 is 0 Å². The average Bonchev–Trinajstić information content (AvgIpc) is 3.26. The van der Waals surface area contributed by atoms with Crippen LogP contribution < -0.4 is 9.64 Å². The third kappa shape index (κ3) is 7.77. The normalized spacial score (nSPS) is 14.0. The number of benzene rings is 2. The summed E-state index contributed by atoms with van der Waals surface area (Å²) in [6, 6.07) is 16.5. The number of unbranched alkanes of at least 4 members (excludes halogenated alkanes) is 2. The Labute approximate surface area is 257 Å². The lowest BCUT2D eigenvalue weighted by Crippen LogP contribution is -2.25. The molecule has 0 saturated carbocycles. The Kier molecular flexibility index (Phi) is 11.4. The summed E-state index contributed by atoms with van der Waals surface area (Å²) in [6.07, 6.45) is 12.7. The minimum atomic E-state index is -0.848. The third-order valence-electron chi connectivity index (χ3n) is 7.74. The fourth-order valence-corrected chi connectivity index (χ4v) is 5.16. The van der Waals surface area contributed by atoms with E-state index in [1.165, 1.54) is 31.4 Å². The first-order valence-corrected chi connectivity index (χ1v) is 14.9. The molecule has 0 fully saturated rings. The maximum Gasteiger partial charge on any atom is 0.172 e. The topological polar surface area (TPSA) is 93.1 Å². The second-order valence-electron chi connectivity index (χ2n) is 11.3. The highest BCUT2D eigenvalue weighted by Gasteiger charge is 2.38. The Balaban J connectivity index is 1.90. The number of methoxy groups -OCH3 is 1. The number of nitrogens with zero attached hydrogens (tertiary/aromatic N) is 4. The van der Waals surface area contributed by atoms with E-state index in [2.05, 4.69) is 81.1 Å². The molecule has 0 radical (unpaired) electrons. The van der Waals surface area contributed by atoms with E-state index in [0.29, 0.717) is 5.57 Å². The molecule has 0 atom stereocenters. The summed E-state index contributed by atoms with van der Waals surface area (Å²) >= 11 is 0. The van der Waals surface area contributed by atoms with Crippen LogP contribution >= 0.6 is 0 Å². The van der Waals surface area contributed by atoms with Gasteiger partial charge in [-0.1, -0.05) is 63.1 Å². The Morgan fingerprint density at radius 2 is 1.42 bits per heavy atom. The molecule has 2 aromatic carbocycles. The van der Waals surface area contributed by atoms with Crippen molar-refractivity contribution >= 4 is 23.9 Å². The zero-order chi connectivity index (χ0) is 31.6. The van der Waals surface area contributed by atoms with Gasteiger partial charge in [0.1, 0.15) is 35.1 Å². The van der Waals surface area contributed by atoms with Crippen LogP contribution in [0.5, 0.6) is 5.75 Å². The third-order valence-corrected chi connectivity index (χ3v) is 7.74. The van der Waals surface area contributed by atoms with Gasteiger partial charge < -0.3 is 14.4 Å². The van der Waals surface area contributed by atoms with Crippen LogP contribution in [-0.4, -0.2) is 25.8 Å². The van der Waals surface area contributed by atoms with Gasteiger partial charge in [0.05, 0.1) is 7.11 Å². The van der Waals surface area contributed by atoms with Crippen LogP contribution in [0.4, 0.5) is 5.69 Å². The van der Waals surface area contributed by atoms with Gasteiger partial charge in [0.2, 0.25) is 0 Å². The van der Waals surface area contributed by atoms with Gasteiger partial charge in [0.15, 0.2) is 11.3 Å². The van der Waals surface area contributed by atoms with E-state index < -0.39 is 5.60 Å². The predicted octanol–water partition coefficient (Wildman–Crippen LogP) is 8.83. The first kappa shape index (κ1) is 32.8. The SMILES string of the molecule is CCCCN(CCCC)c1ccc(C=Cc2cc(C)c(/C=C/C3=C(C#N)C(=C(C#N)C#N)OC3(C)C)cc2C)c(OC)c1. The second-order valence-corrected chi connectivity index (χ2v) is 11.3. The minimum absolute atomic E-state index is 0.0450. The van der Waals surface area contributed by atoms with Crippen molar-refractivity contribution in [2.75, 3.05) is 25.1 Å². The lowest BCUT2D eigenvalue weighted by atomic mass is 9.93. The first-order chi connectivity index (χ1) is 20.6. The zero-order valence-electron chi connectivity index (χ0n) is 26.5. The number of ether oxygens (including phenoxy) is 2. The molecule has 0 N–H and O–H groups in total. The summed E-state index contributed by atoms with van der Waals surface area (Å²) < 4.78 is 11.7. The molecule has 3 rings (SSSR count). The molecular formula is C37H42N4O2. The number of rotatable bonds is 12. The highest BCUT2D eigenvalue weighted by Crippen LogP contribution is 2.40. The van der Waals surface area contributed by atoms with Crippen molar-refractivity contribution in [3.05, 3.63) is 86.7 Å². The van der Waals surface area contributed by atoms with Crippen LogP contribution in [0, 0.1) is 47.8 Å². The molecule has 0 spiro atoms. The largest absolute Gasteiger partial charge is 0.496 e. The van der Waals surface area contributed by atoms with Crippen molar-refractivity contribution < 1.29 is 9.47 Å². The predicted molar refractivity (Wildman–Crippen MR) is 175 cm³/mol. The number of allylic oxidation sites excluding steroid dienone is 2. The highest BCUT2D eigenvalue weighted by molar-refractivity contribution is 5.77. The van der Waals surface area contributed by atoms with Crippen LogP contribution in [0.25, 0.3) is 18.2 Å². The Hall–Kier alpha value is -4.73. The van der Waals surface area contributed by atoms with E-state index in [1.54, 1.807) is 7.11 Å². The summed E-state index contributed by atoms with van der Waals surface area (Å²) in [6.45, 7) is 14.3. The summed E-state index contributed by atoms with van der Waals surface area (Å²) in [5.74, 6) is 0.900. The molecule has 0 amide bonds.